The Labute approximate surface area is 201 Å². The average molecular weight is 463 g/mol. The summed E-state index contributed by atoms with van der Waals surface area (Å²) in [6, 6.07) is 0.302. The van der Waals surface area contributed by atoms with E-state index in [-0.39, 0.29) is 27.0 Å². The molecule has 0 aromatic carbocycles. The van der Waals surface area contributed by atoms with Crippen molar-refractivity contribution in [3.8, 4) is 0 Å². The highest BCUT2D eigenvalue weighted by atomic mass is 32.2. The normalized spacial score (nSPS) is 12.7. The number of thioether (sulfide) groups is 1. The lowest BCUT2D eigenvalue weighted by atomic mass is 9.78. The summed E-state index contributed by atoms with van der Waals surface area (Å²) in [5, 5.41) is 5.23. The predicted molar refractivity (Wildman–Crippen MR) is 143 cm³/mol. The predicted octanol–water partition coefficient (Wildman–Crippen LogP) is 7.57. The molecule has 0 radical (unpaired) electrons. The molecule has 0 unspecified atom stereocenters. The summed E-state index contributed by atoms with van der Waals surface area (Å²) >= 11 is 1.86. The van der Waals surface area contributed by atoms with Crippen molar-refractivity contribution in [1.29, 1.82) is 0 Å². The molecule has 0 aromatic heterocycles. The average Bonchev–Trinajstić information content (AvgIpc) is 2.61. The standard InChI is InChI=1S/C22H46N2O2S.2C2H6/c1-17(2)24(26-11)21(7,8)14-20(5,6)16-23-18(25)13-19(3,4)15-22(9,10)27-12;2*1-2/h17H,13-16H2,1-12H3,(H,23,25);2*1-2H3. The van der Waals surface area contributed by atoms with Crippen LogP contribution in [0.1, 0.15) is 116 Å². The maximum absolute atomic E-state index is 12.6. The van der Waals surface area contributed by atoms with Crippen LogP contribution < -0.4 is 5.32 Å². The molecule has 0 saturated carbocycles. The van der Waals surface area contributed by atoms with Crippen LogP contribution in [0.2, 0.25) is 0 Å². The molecule has 0 spiro atoms. The van der Waals surface area contributed by atoms with Crippen molar-refractivity contribution < 1.29 is 9.63 Å². The zero-order valence-electron chi connectivity index (χ0n) is 24.1. The Kier molecular flexibility index (Phi) is 17.7. The van der Waals surface area contributed by atoms with Gasteiger partial charge in [0.25, 0.3) is 0 Å². The minimum atomic E-state index is -0.112. The van der Waals surface area contributed by atoms with Crippen molar-refractivity contribution in [2.75, 3.05) is 19.9 Å². The van der Waals surface area contributed by atoms with Gasteiger partial charge in [-0.25, -0.2) is 0 Å². The van der Waals surface area contributed by atoms with Crippen LogP contribution in [0.15, 0.2) is 0 Å². The molecule has 31 heavy (non-hydrogen) atoms. The van der Waals surface area contributed by atoms with E-state index in [2.05, 4.69) is 80.8 Å². The van der Waals surface area contributed by atoms with E-state index in [9.17, 15) is 4.79 Å². The fourth-order valence-corrected chi connectivity index (χ4v) is 5.13. The fraction of sp³-hybridized carbons (Fsp3) is 0.962. The summed E-state index contributed by atoms with van der Waals surface area (Å²) in [7, 11) is 1.73. The summed E-state index contributed by atoms with van der Waals surface area (Å²) < 4.78 is 0.188. The summed E-state index contributed by atoms with van der Waals surface area (Å²) in [5.41, 5.74) is -0.142. The van der Waals surface area contributed by atoms with Gasteiger partial charge in [-0.15, -0.1) is 0 Å². The second kappa shape index (κ2) is 15.6. The monoisotopic (exact) mass is 462 g/mol. The minimum Gasteiger partial charge on any atom is -0.356 e. The molecular formula is C26H58N2O2S. The maximum atomic E-state index is 12.6. The van der Waals surface area contributed by atoms with Gasteiger partial charge in [-0.05, 0) is 57.6 Å². The van der Waals surface area contributed by atoms with Crippen LogP contribution in [0, 0.1) is 10.8 Å². The molecule has 1 N–H and O–H groups in total. The lowest BCUT2D eigenvalue weighted by Crippen LogP contribution is -2.51. The first-order valence-corrected chi connectivity index (χ1v) is 13.3. The number of carbonyl (C=O) groups is 1. The minimum absolute atomic E-state index is 0.00943. The van der Waals surface area contributed by atoms with Crippen LogP contribution >= 0.6 is 11.8 Å². The van der Waals surface area contributed by atoms with Crippen LogP contribution in [0.3, 0.4) is 0 Å². The molecule has 0 fully saturated rings. The first-order valence-electron chi connectivity index (χ1n) is 12.1. The van der Waals surface area contributed by atoms with E-state index < -0.39 is 0 Å². The van der Waals surface area contributed by atoms with Gasteiger partial charge in [0.15, 0.2) is 0 Å². The van der Waals surface area contributed by atoms with Gasteiger partial charge in [0.2, 0.25) is 5.91 Å². The zero-order chi connectivity index (χ0) is 25.7. The van der Waals surface area contributed by atoms with Crippen LogP contribution in [-0.2, 0) is 9.63 Å². The summed E-state index contributed by atoms with van der Waals surface area (Å²) in [6.45, 7) is 30.7. The van der Waals surface area contributed by atoms with E-state index in [1.54, 1.807) is 7.11 Å². The molecule has 0 rings (SSSR count). The smallest absolute Gasteiger partial charge is 0.220 e. The second-order valence-corrected chi connectivity index (χ2v) is 12.5. The van der Waals surface area contributed by atoms with Gasteiger partial charge in [-0.1, -0.05) is 69.2 Å². The van der Waals surface area contributed by atoms with Crippen LogP contribution in [0.5, 0.6) is 0 Å². The van der Waals surface area contributed by atoms with Gasteiger partial charge >= 0.3 is 0 Å². The van der Waals surface area contributed by atoms with Gasteiger partial charge in [0.1, 0.15) is 0 Å². The molecule has 0 bridgehead atoms. The quantitative estimate of drug-likeness (QED) is 0.304. The Balaban J connectivity index is -0.00000184. The van der Waals surface area contributed by atoms with Crippen molar-refractivity contribution in [3.63, 3.8) is 0 Å². The van der Waals surface area contributed by atoms with Crippen molar-refractivity contribution >= 4 is 17.7 Å². The van der Waals surface area contributed by atoms with Gasteiger partial charge < -0.3 is 10.2 Å². The van der Waals surface area contributed by atoms with Gasteiger partial charge in [-0.2, -0.15) is 16.8 Å². The highest BCUT2D eigenvalue weighted by Gasteiger charge is 2.36. The molecule has 0 saturated heterocycles. The SMILES string of the molecule is CC.CC.CON(C(C)C)C(C)(C)CC(C)(C)CNC(=O)CC(C)(C)CC(C)(C)SC. The number of carbonyl (C=O) groups excluding carboxylic acids is 1. The Morgan fingerprint density at radius 2 is 1.35 bits per heavy atom. The van der Waals surface area contributed by atoms with Crippen molar-refractivity contribution in [3.05, 3.63) is 0 Å². The molecule has 0 aliphatic rings. The van der Waals surface area contributed by atoms with E-state index >= 15 is 0 Å². The van der Waals surface area contributed by atoms with Crippen molar-refractivity contribution in [2.24, 2.45) is 10.8 Å². The number of nitrogens with one attached hydrogen (secondary N) is 1. The Morgan fingerprint density at radius 1 is 0.903 bits per heavy atom. The molecule has 0 aromatic rings. The van der Waals surface area contributed by atoms with Crippen molar-refractivity contribution in [2.45, 2.75) is 133 Å². The zero-order valence-corrected chi connectivity index (χ0v) is 24.9. The third-order valence-corrected chi connectivity index (χ3v) is 6.28. The number of nitrogens with zero attached hydrogens (tertiary/aromatic N) is 1. The number of hydroxylamine groups is 2. The third-order valence-electron chi connectivity index (χ3n) is 5.03. The molecule has 190 valence electrons. The van der Waals surface area contributed by atoms with E-state index in [0.29, 0.717) is 19.0 Å². The van der Waals surface area contributed by atoms with Crippen molar-refractivity contribution in [1.82, 2.24) is 10.4 Å². The van der Waals surface area contributed by atoms with Gasteiger partial charge in [0, 0.05) is 29.3 Å². The Bertz CT molecular complexity index is 472. The number of rotatable bonds is 12. The third kappa shape index (κ3) is 16.1. The Hall–Kier alpha value is -0.260. The van der Waals surface area contributed by atoms with Gasteiger partial charge in [0.05, 0.1) is 7.11 Å². The molecule has 0 atom stereocenters. The largest absolute Gasteiger partial charge is 0.356 e. The second-order valence-electron chi connectivity index (χ2n) is 11.0. The molecule has 1 amide bonds. The van der Waals surface area contributed by atoms with Crippen LogP contribution in [-0.4, -0.2) is 47.2 Å². The molecular weight excluding hydrogens is 404 g/mol. The highest BCUT2D eigenvalue weighted by molar-refractivity contribution is 7.99. The number of amides is 1. The topological polar surface area (TPSA) is 41.6 Å². The molecule has 4 nitrogen and oxygen atoms in total. The van der Waals surface area contributed by atoms with E-state index in [1.165, 1.54) is 0 Å². The fourth-order valence-electron chi connectivity index (χ4n) is 4.59. The molecule has 0 aliphatic carbocycles. The molecule has 0 aliphatic heterocycles. The lowest BCUT2D eigenvalue weighted by molar-refractivity contribution is -0.220. The summed E-state index contributed by atoms with van der Waals surface area (Å²) in [4.78, 5) is 18.2. The van der Waals surface area contributed by atoms with E-state index in [1.807, 2.05) is 44.5 Å². The number of hydrogen-bond acceptors (Lipinski definition) is 4. The van der Waals surface area contributed by atoms with Crippen LogP contribution in [0.25, 0.3) is 0 Å². The van der Waals surface area contributed by atoms with E-state index in [0.717, 1.165) is 12.8 Å². The Morgan fingerprint density at radius 3 is 1.71 bits per heavy atom. The first kappa shape index (κ1) is 35.3. The maximum Gasteiger partial charge on any atom is 0.220 e. The summed E-state index contributed by atoms with van der Waals surface area (Å²) in [5.74, 6) is 0.148. The van der Waals surface area contributed by atoms with Gasteiger partial charge in [-0.3, -0.25) is 4.79 Å². The molecule has 5 heteroatoms. The first-order chi connectivity index (χ1) is 14.0. The van der Waals surface area contributed by atoms with E-state index in [4.69, 9.17) is 4.84 Å². The molecule has 0 heterocycles. The highest BCUT2D eigenvalue weighted by Crippen LogP contribution is 2.38. The number of hydrogen-bond donors (Lipinski definition) is 1. The lowest BCUT2D eigenvalue weighted by Gasteiger charge is -2.43. The summed E-state index contributed by atoms with van der Waals surface area (Å²) in [6.07, 6.45) is 4.64. The van der Waals surface area contributed by atoms with Crippen LogP contribution in [0.4, 0.5) is 0 Å².